The van der Waals surface area contributed by atoms with Crippen molar-refractivity contribution in [2.24, 2.45) is 0 Å². The van der Waals surface area contributed by atoms with Crippen molar-refractivity contribution in [2.45, 2.75) is 40.5 Å². The summed E-state index contributed by atoms with van der Waals surface area (Å²) in [5.41, 5.74) is 7.38. The van der Waals surface area contributed by atoms with Crippen LogP contribution in [0, 0.1) is 27.7 Å². The highest BCUT2D eigenvalue weighted by Gasteiger charge is 2.18. The Bertz CT molecular complexity index is 1130. The van der Waals surface area contributed by atoms with E-state index in [9.17, 15) is 4.79 Å². The molecule has 2 aromatic heterocycles. The highest BCUT2D eigenvalue weighted by atomic mass is 16.1. The van der Waals surface area contributed by atoms with E-state index in [-0.39, 0.29) is 5.91 Å². The maximum absolute atomic E-state index is 12.5. The number of fused-ring (bicyclic) bond motifs is 1. The second kappa shape index (κ2) is 10.0. The van der Waals surface area contributed by atoms with E-state index in [2.05, 4.69) is 60.3 Å². The third-order valence-corrected chi connectivity index (χ3v) is 6.80. The monoisotopic (exact) mass is 448 g/mol. The van der Waals surface area contributed by atoms with Gasteiger partial charge in [-0.25, -0.2) is 9.67 Å². The minimum Gasteiger partial charge on any atom is -0.355 e. The van der Waals surface area contributed by atoms with Crippen LogP contribution < -0.4 is 5.32 Å². The van der Waals surface area contributed by atoms with Gasteiger partial charge in [0.2, 0.25) is 5.91 Å². The first-order valence-corrected chi connectivity index (χ1v) is 11.9. The highest BCUT2D eigenvalue weighted by molar-refractivity contribution is 5.85. The zero-order chi connectivity index (χ0) is 23.5. The van der Waals surface area contributed by atoms with Crippen LogP contribution in [0.5, 0.6) is 0 Å². The molecule has 1 fully saturated rings. The number of aromatic nitrogens is 3. The molecule has 0 bridgehead atoms. The molecular weight excluding hydrogens is 412 g/mol. The van der Waals surface area contributed by atoms with Crippen molar-refractivity contribution in [1.82, 2.24) is 29.9 Å². The number of amides is 1. The normalized spacial score (nSPS) is 15.3. The zero-order valence-electron chi connectivity index (χ0n) is 20.6. The number of aryl methyl sites for hydroxylation is 4. The van der Waals surface area contributed by atoms with Crippen molar-refractivity contribution in [2.75, 3.05) is 46.3 Å². The van der Waals surface area contributed by atoms with E-state index in [0.29, 0.717) is 19.4 Å². The lowest BCUT2D eigenvalue weighted by Gasteiger charge is -2.32. The maximum Gasteiger partial charge on any atom is 0.220 e. The summed E-state index contributed by atoms with van der Waals surface area (Å²) in [5.74, 6) is 0.107. The first-order chi connectivity index (χ1) is 15.8. The molecule has 0 radical (unpaired) electrons. The summed E-state index contributed by atoms with van der Waals surface area (Å²) in [7, 11) is 2.16. The van der Waals surface area contributed by atoms with Gasteiger partial charge in [-0.3, -0.25) is 9.69 Å². The van der Waals surface area contributed by atoms with Crippen molar-refractivity contribution in [3.63, 3.8) is 0 Å². The van der Waals surface area contributed by atoms with Crippen LogP contribution in [0.15, 0.2) is 24.3 Å². The van der Waals surface area contributed by atoms with Gasteiger partial charge in [-0.1, -0.05) is 17.7 Å². The smallest absolute Gasteiger partial charge is 0.220 e. The fourth-order valence-electron chi connectivity index (χ4n) is 4.69. The van der Waals surface area contributed by atoms with Gasteiger partial charge in [0, 0.05) is 56.8 Å². The fraction of sp³-hybridized carbons (Fsp3) is 0.500. The first-order valence-electron chi connectivity index (χ1n) is 11.9. The summed E-state index contributed by atoms with van der Waals surface area (Å²) in [5, 5.41) is 8.97. The van der Waals surface area contributed by atoms with Crippen molar-refractivity contribution in [3.05, 3.63) is 52.3 Å². The van der Waals surface area contributed by atoms with Gasteiger partial charge in [0.15, 0.2) is 5.65 Å². The van der Waals surface area contributed by atoms with E-state index in [0.717, 1.165) is 66.4 Å². The van der Waals surface area contributed by atoms with Gasteiger partial charge in [-0.2, -0.15) is 5.10 Å². The van der Waals surface area contributed by atoms with Crippen LogP contribution in [0.1, 0.15) is 34.5 Å². The van der Waals surface area contributed by atoms with Gasteiger partial charge < -0.3 is 10.2 Å². The molecule has 4 rings (SSSR count). The van der Waals surface area contributed by atoms with Gasteiger partial charge in [0.25, 0.3) is 0 Å². The molecule has 176 valence electrons. The summed E-state index contributed by atoms with van der Waals surface area (Å²) >= 11 is 0. The zero-order valence-corrected chi connectivity index (χ0v) is 20.6. The molecule has 0 atom stereocenters. The average molecular weight is 449 g/mol. The van der Waals surface area contributed by atoms with Crippen molar-refractivity contribution in [1.29, 1.82) is 0 Å². The fourth-order valence-corrected chi connectivity index (χ4v) is 4.69. The molecular formula is C26H36N6O. The van der Waals surface area contributed by atoms with E-state index < -0.39 is 0 Å². The predicted octanol–water partition coefficient (Wildman–Crippen LogP) is 2.95. The van der Waals surface area contributed by atoms with E-state index in [1.807, 2.05) is 18.5 Å². The number of likely N-dealkylation sites (N-methyl/N-ethyl adjacent to an activating group) is 1. The van der Waals surface area contributed by atoms with Crippen LogP contribution in [0.25, 0.3) is 16.7 Å². The van der Waals surface area contributed by atoms with Gasteiger partial charge in [-0.05, 0) is 64.4 Å². The molecule has 33 heavy (non-hydrogen) atoms. The predicted molar refractivity (Wildman–Crippen MR) is 133 cm³/mol. The minimum atomic E-state index is 0.107. The van der Waals surface area contributed by atoms with E-state index >= 15 is 0 Å². The summed E-state index contributed by atoms with van der Waals surface area (Å²) < 4.78 is 1.93. The number of hydrogen-bond acceptors (Lipinski definition) is 5. The van der Waals surface area contributed by atoms with Crippen molar-refractivity contribution >= 4 is 16.9 Å². The number of piperazine rings is 1. The molecule has 3 heterocycles. The number of rotatable bonds is 7. The molecule has 1 N–H and O–H groups in total. The number of nitrogens with one attached hydrogen (secondary N) is 1. The highest BCUT2D eigenvalue weighted by Crippen LogP contribution is 2.28. The molecule has 1 saturated heterocycles. The third-order valence-electron chi connectivity index (χ3n) is 6.80. The Balaban J connectivity index is 1.42. The lowest BCUT2D eigenvalue weighted by atomic mass is 9.99. The van der Waals surface area contributed by atoms with Crippen LogP contribution in [0.3, 0.4) is 0 Å². The van der Waals surface area contributed by atoms with Crippen molar-refractivity contribution in [3.8, 4) is 5.69 Å². The largest absolute Gasteiger partial charge is 0.355 e. The molecule has 7 nitrogen and oxygen atoms in total. The quantitative estimate of drug-likeness (QED) is 0.602. The van der Waals surface area contributed by atoms with E-state index in [1.54, 1.807) is 0 Å². The van der Waals surface area contributed by atoms with Crippen LogP contribution in [0.2, 0.25) is 0 Å². The molecule has 1 aliphatic rings. The summed E-state index contributed by atoms with van der Waals surface area (Å²) in [4.78, 5) is 22.2. The second-order valence-corrected chi connectivity index (χ2v) is 9.33. The number of carbonyl (C=O) groups excluding carboxylic acids is 1. The van der Waals surface area contributed by atoms with Gasteiger partial charge >= 0.3 is 0 Å². The lowest BCUT2D eigenvalue weighted by Crippen LogP contribution is -2.46. The number of hydrogen-bond donors (Lipinski definition) is 1. The van der Waals surface area contributed by atoms with Crippen LogP contribution in [-0.2, 0) is 11.2 Å². The van der Waals surface area contributed by atoms with Crippen LogP contribution >= 0.6 is 0 Å². The van der Waals surface area contributed by atoms with Crippen LogP contribution in [0.4, 0.5) is 0 Å². The SMILES string of the molecule is Cc1ccc(-n2nc(C)c3c(C)c(CCC(=O)NCCN4CCN(C)CC4)c(C)nc32)cc1. The van der Waals surface area contributed by atoms with Gasteiger partial charge in [0.1, 0.15) is 0 Å². The number of nitrogens with zero attached hydrogens (tertiary/aromatic N) is 5. The minimum absolute atomic E-state index is 0.107. The standard InChI is InChI=1S/C26H36N6O/c1-18-6-8-22(9-7-18)32-26-25(21(4)29-32)19(2)23(20(3)28-26)10-11-24(33)27-12-13-31-16-14-30(5)15-17-31/h6-9H,10-17H2,1-5H3,(H,27,33). The molecule has 0 aliphatic carbocycles. The van der Waals surface area contributed by atoms with E-state index in [1.165, 1.54) is 11.1 Å². The number of pyridine rings is 1. The Kier molecular flexibility index (Phi) is 7.10. The summed E-state index contributed by atoms with van der Waals surface area (Å²) in [6, 6.07) is 8.34. The Hall–Kier alpha value is -2.77. The van der Waals surface area contributed by atoms with Gasteiger partial charge in [0.05, 0.1) is 11.4 Å². The maximum atomic E-state index is 12.5. The number of benzene rings is 1. The molecule has 1 amide bonds. The molecule has 7 heteroatoms. The average Bonchev–Trinajstić information content (AvgIpc) is 3.11. The molecule has 3 aromatic rings. The molecule has 0 unspecified atom stereocenters. The Morgan fingerprint density at radius 1 is 1.00 bits per heavy atom. The molecule has 0 spiro atoms. The summed E-state index contributed by atoms with van der Waals surface area (Å²) in [6.07, 6.45) is 1.17. The topological polar surface area (TPSA) is 66.3 Å². The second-order valence-electron chi connectivity index (χ2n) is 9.33. The Labute approximate surface area is 196 Å². The summed E-state index contributed by atoms with van der Waals surface area (Å²) in [6.45, 7) is 14.3. The van der Waals surface area contributed by atoms with Crippen LogP contribution in [-0.4, -0.2) is 76.8 Å². The van der Waals surface area contributed by atoms with Gasteiger partial charge in [-0.15, -0.1) is 0 Å². The molecule has 0 saturated carbocycles. The van der Waals surface area contributed by atoms with E-state index in [4.69, 9.17) is 10.1 Å². The third kappa shape index (κ3) is 5.25. The Morgan fingerprint density at radius 3 is 2.39 bits per heavy atom. The molecule has 1 aromatic carbocycles. The first kappa shape index (κ1) is 23.4. The molecule has 1 aliphatic heterocycles. The number of carbonyl (C=O) groups is 1. The van der Waals surface area contributed by atoms with Crippen molar-refractivity contribution < 1.29 is 4.79 Å². The Morgan fingerprint density at radius 2 is 1.70 bits per heavy atom. The lowest BCUT2D eigenvalue weighted by molar-refractivity contribution is -0.121.